The van der Waals surface area contributed by atoms with Crippen LogP contribution in [-0.2, 0) is 85.8 Å². The third-order valence-electron chi connectivity index (χ3n) is 37.2. The minimum absolute atomic E-state index is 0.103. The monoisotopic (exact) mass is 2050 g/mol. The van der Waals surface area contributed by atoms with Crippen molar-refractivity contribution < 1.29 is 146 Å². The first-order chi connectivity index (χ1) is 68.7. The van der Waals surface area contributed by atoms with E-state index in [1.54, 1.807) is 174 Å². The maximum atomic E-state index is 15.1. The standard InChI is InChI=1S/3C35H49BN3O10/c1-18-21(48-30(44)26(42)25(38-36-16-40)20-11-9-8-10-12-20)14-35(46)19(2)28-33(5)15-47-23(33)13-22(41)34(28,6)29(43)27(24(18)32(35,3)4)49-31(45)39(7)17-37;1-18-21(48-30(44)27(49-31(45)39(7)17-37)25(38-36-16-40)20-11-9-8-10-12-20)14-35(46)19(2)28-33(5)15-47-23(33)13-22(41)34(28,6)29(43)26(42)24(18)32(35,3)4;1-18-21(48-30(44)27(42)25(38-36-16-40)20-11-9-8-10-12-20)14-35(46)19(2)28-33(5)15-47-22(33)13-23(49-31(45)39(7)17-37)34(28,6)29(43)26(41)24(18)32(35,3)4/h3*8-12,16,19,21-23,25-28,38,41-42,46H,13-15,17,37H2,1-7H3/t2*19-,21-,22-,23+,25-,26+,27+,28+,33+,34+,35+;19-,21-,22+,23-,25-,26+,27+,28+,33+,34+,35+/m000/s1. The molecule has 12 aliphatic rings. The summed E-state index contributed by atoms with van der Waals surface area (Å²) in [6.07, 6.45) is -18.7. The molecule has 9 aliphatic carbocycles. The number of fused-ring (bicyclic) bond motifs is 15. The van der Waals surface area contributed by atoms with Gasteiger partial charge in [-0.15, -0.1) is 0 Å². The molecule has 3 aromatic rings. The van der Waals surface area contributed by atoms with Gasteiger partial charge in [-0.25, -0.2) is 28.8 Å². The van der Waals surface area contributed by atoms with Crippen LogP contribution in [0.5, 0.6) is 0 Å². The first-order valence-electron chi connectivity index (χ1n) is 50.3. The van der Waals surface area contributed by atoms with Gasteiger partial charge < -0.3 is 136 Å². The molecule has 3 saturated heterocycles. The van der Waals surface area contributed by atoms with Crippen molar-refractivity contribution in [2.75, 3.05) is 61.0 Å². The Hall–Kier alpha value is -9.41. The molecule has 3 aromatic carbocycles. The zero-order chi connectivity index (χ0) is 109. The number of ether oxygens (including phenoxy) is 9. The lowest BCUT2D eigenvalue weighted by atomic mass is 9.40. The minimum Gasteiger partial charge on any atom is -0.456 e. The Labute approximate surface area is 859 Å². The molecule has 3 aliphatic heterocycles. The fourth-order valence-electron chi connectivity index (χ4n) is 28.4. The van der Waals surface area contributed by atoms with Crippen LogP contribution in [0.1, 0.15) is 198 Å². The van der Waals surface area contributed by atoms with Crippen LogP contribution >= 0.6 is 0 Å². The summed E-state index contributed by atoms with van der Waals surface area (Å²) >= 11 is 0. The summed E-state index contributed by atoms with van der Waals surface area (Å²) in [6, 6.07) is 22.6. The number of Topliss-reactive ketones (excluding diaryl/α,β-unsaturated/α-hetero) is 3. The van der Waals surface area contributed by atoms with Crippen molar-refractivity contribution in [2.45, 2.75) is 290 Å². The van der Waals surface area contributed by atoms with Gasteiger partial charge in [0.1, 0.15) is 36.6 Å². The Morgan fingerprint density at radius 1 is 0.429 bits per heavy atom. The number of carbonyl (C=O) groups excluding carboxylic acids is 12. The van der Waals surface area contributed by atoms with Crippen molar-refractivity contribution in [3.63, 3.8) is 0 Å². The number of nitrogens with two attached hydrogens (primary N) is 3. The van der Waals surface area contributed by atoms with Crippen LogP contribution in [0.2, 0.25) is 0 Å². The lowest BCUT2D eigenvalue weighted by molar-refractivity contribution is -0.302. The van der Waals surface area contributed by atoms with Crippen LogP contribution in [0.3, 0.4) is 0 Å². The zero-order valence-corrected chi connectivity index (χ0v) is 87.6. The molecule has 6 saturated carbocycles. The highest BCUT2D eigenvalue weighted by Gasteiger charge is 2.78. The summed E-state index contributed by atoms with van der Waals surface area (Å²) in [4.78, 5) is 162. The highest BCUT2D eigenvalue weighted by molar-refractivity contribution is 6.65. The van der Waals surface area contributed by atoms with Crippen molar-refractivity contribution in [2.24, 2.45) is 101 Å². The maximum Gasteiger partial charge on any atom is 0.411 e. The number of rotatable bonds is 27. The number of benzene rings is 3. The zero-order valence-electron chi connectivity index (χ0n) is 87.6. The lowest BCUT2D eigenvalue weighted by Crippen LogP contribution is -2.75. The van der Waals surface area contributed by atoms with E-state index in [4.69, 9.17) is 59.8 Å². The number of nitrogens with zero attached hydrogens (tertiary/aromatic N) is 3. The number of ketones is 3. The van der Waals surface area contributed by atoms with Gasteiger partial charge in [0.2, 0.25) is 6.10 Å². The quantitative estimate of drug-likeness (QED) is 0.0129. The Balaban J connectivity index is 0.000000184. The number of nitrogens with one attached hydrogen (secondary N) is 3. The summed E-state index contributed by atoms with van der Waals surface area (Å²) in [6.45, 7) is 32.6. The van der Waals surface area contributed by atoms with E-state index in [1.165, 1.54) is 26.0 Å². The smallest absolute Gasteiger partial charge is 0.411 e. The normalized spacial score (nSPS) is 37.6. The molecule has 18 N–H and O–H groups in total. The highest BCUT2D eigenvalue weighted by Crippen LogP contribution is 2.72. The van der Waals surface area contributed by atoms with Crippen molar-refractivity contribution in [1.29, 1.82) is 0 Å². The molecule has 801 valence electrons. The molecule has 0 aromatic heterocycles. The van der Waals surface area contributed by atoms with E-state index in [-0.39, 0.29) is 93.6 Å². The molecule has 0 spiro atoms. The van der Waals surface area contributed by atoms with Crippen LogP contribution in [-0.4, -0.2) is 324 Å². The number of aliphatic hydroxyl groups excluding tert-OH is 6. The van der Waals surface area contributed by atoms with E-state index < -0.39 is 246 Å². The fourth-order valence-corrected chi connectivity index (χ4v) is 28.4. The van der Waals surface area contributed by atoms with Crippen molar-refractivity contribution in [3.8, 4) is 0 Å². The van der Waals surface area contributed by atoms with Gasteiger partial charge >= 0.3 is 36.2 Å². The number of aliphatic hydroxyl groups is 9. The Kier molecular flexibility index (Phi) is 33.3. The van der Waals surface area contributed by atoms with E-state index in [9.17, 15) is 98.7 Å². The number of hydrogen-bond donors (Lipinski definition) is 15. The molecular formula is C105H147B3N9O30. The molecule has 3 radical (unpaired) electrons. The first-order valence-corrected chi connectivity index (χ1v) is 50.3. The summed E-state index contributed by atoms with van der Waals surface area (Å²) in [5.74, 6) is -8.58. The highest BCUT2D eigenvalue weighted by atomic mass is 16.6. The number of esters is 3. The van der Waals surface area contributed by atoms with E-state index in [1.807, 2.05) is 41.5 Å². The van der Waals surface area contributed by atoms with Gasteiger partial charge in [0.15, 0.2) is 35.7 Å². The van der Waals surface area contributed by atoms with E-state index in [0.717, 1.165) is 32.0 Å². The van der Waals surface area contributed by atoms with Crippen LogP contribution in [0, 0.1) is 84.2 Å². The third-order valence-corrected chi connectivity index (χ3v) is 37.2. The summed E-state index contributed by atoms with van der Waals surface area (Å²) in [5, 5.41) is 117. The molecule has 3 heterocycles. The molecule has 147 heavy (non-hydrogen) atoms. The maximum absolute atomic E-state index is 15.1. The van der Waals surface area contributed by atoms with E-state index >= 15 is 4.79 Å². The fraction of sp³-hybridized carbons (Fsp3) is 0.657. The number of carbonyl (C=O) groups is 12. The van der Waals surface area contributed by atoms with Gasteiger partial charge in [0, 0.05) is 92.2 Å². The van der Waals surface area contributed by atoms with Gasteiger partial charge in [0.05, 0.1) is 140 Å². The van der Waals surface area contributed by atoms with Crippen LogP contribution in [0.25, 0.3) is 0 Å². The largest absolute Gasteiger partial charge is 0.456 e. The van der Waals surface area contributed by atoms with Crippen molar-refractivity contribution in [1.82, 2.24) is 30.4 Å². The van der Waals surface area contributed by atoms with E-state index in [0.29, 0.717) is 71.8 Å². The molecule has 42 heteroatoms. The lowest BCUT2D eigenvalue weighted by Gasteiger charge is -2.68. The SMILES string of the molecule is CC1=C2[C@@H](O)C(=O)[C@@]3(C)[C@H]([C@H](C)[C@](O)(C[C@@H]1OC(=O)[C@H](OC(=O)N(C)CN)[C@@H](N[B]C=O)c1ccccc1)C2(C)C)[C@]1(C)CO[C@@H]1C[C@@H]3O.CC1=C2[C@@H](O)C(=O)[C@]3(C)[C@@H](OC(=O)N(C)CN)C[C@H]4OC[C@@]4(C)[C@H]3[C@H](C)[C@](O)(C[C@@H]1OC(=O)[C@H](O)[C@@H](N[B]C=O)c1ccccc1)C2(C)C.CC1=C2[C@@H](OC(=O)N(C)CN)C(=O)[C@@]3(C)[C@H]([C@H](C)[C@](O)(C[C@@H]1OC(=O)[C@H](O)[C@@H](N[B]C=O)c1ccccc1)C2(C)C)[C@]1(C)CO[C@@H]1C[C@@H]3O. The molecule has 33 atom stereocenters. The summed E-state index contributed by atoms with van der Waals surface area (Å²) < 4.78 is 53.5. The van der Waals surface area contributed by atoms with Gasteiger partial charge in [-0.3, -0.25) is 29.1 Å². The minimum atomic E-state index is -1.78. The van der Waals surface area contributed by atoms with Crippen LogP contribution in [0.15, 0.2) is 124 Å². The predicted octanol–water partition coefficient (Wildman–Crippen LogP) is 3.72. The van der Waals surface area contributed by atoms with Gasteiger partial charge in [-0.1, -0.05) is 174 Å². The Morgan fingerprint density at radius 3 is 1.07 bits per heavy atom. The molecule has 9 fully saturated rings. The summed E-state index contributed by atoms with van der Waals surface area (Å²) in [5.41, 5.74) is 5.69. The Bertz CT molecular complexity index is 5570. The van der Waals surface area contributed by atoms with Crippen molar-refractivity contribution >= 4 is 94.3 Å². The number of amides is 3. The van der Waals surface area contributed by atoms with Crippen LogP contribution in [0.4, 0.5) is 14.4 Å². The number of hydrogen-bond acceptors (Lipinski definition) is 36. The second-order valence-electron chi connectivity index (χ2n) is 45.6. The van der Waals surface area contributed by atoms with Gasteiger partial charge in [0.25, 0.3) is 22.2 Å². The second-order valence-corrected chi connectivity index (χ2v) is 45.6. The molecule has 15 rings (SSSR count). The molecule has 39 nitrogen and oxygen atoms in total. The third kappa shape index (κ3) is 18.8. The Morgan fingerprint density at radius 2 is 0.728 bits per heavy atom. The van der Waals surface area contributed by atoms with Gasteiger partial charge in [-0.2, -0.15) is 0 Å². The van der Waals surface area contributed by atoms with E-state index in [2.05, 4.69) is 15.7 Å². The molecule has 3 amide bonds. The molecule has 0 unspecified atom stereocenters. The average molecular weight is 2050 g/mol. The first kappa shape index (κ1) is 115. The van der Waals surface area contributed by atoms with Gasteiger partial charge in [-0.05, 0) is 127 Å². The summed E-state index contributed by atoms with van der Waals surface area (Å²) in [7, 11) is 7.52. The van der Waals surface area contributed by atoms with Crippen molar-refractivity contribution in [3.05, 3.63) is 141 Å². The second kappa shape index (κ2) is 42.7. The van der Waals surface area contributed by atoms with Crippen LogP contribution < -0.4 is 32.9 Å². The topological polar surface area (TPSA) is 594 Å². The molecular weight excluding hydrogens is 1900 g/mol. The molecule has 6 bridgehead atoms. The average Bonchev–Trinajstić information content (AvgIpc) is 0.679. The predicted molar refractivity (Wildman–Crippen MR) is 534 cm³/mol.